The Balaban J connectivity index is 2.22. The van der Waals surface area contributed by atoms with Crippen LogP contribution in [0.1, 0.15) is 32.4 Å². The van der Waals surface area contributed by atoms with Crippen LogP contribution in [0.3, 0.4) is 0 Å². The average Bonchev–Trinajstić information content (AvgIpc) is 2.70. The zero-order valence-electron chi connectivity index (χ0n) is 10.6. The second kappa shape index (κ2) is 7.41. The molecule has 16 heavy (non-hydrogen) atoms. The molecule has 0 radical (unpaired) electrons. The Morgan fingerprint density at radius 1 is 1.44 bits per heavy atom. The van der Waals surface area contributed by atoms with Crippen molar-refractivity contribution in [1.82, 2.24) is 15.1 Å². The summed E-state index contributed by atoms with van der Waals surface area (Å²) in [5.74, 6) is 0. The number of rotatable bonds is 8. The van der Waals surface area contributed by atoms with E-state index in [-0.39, 0.29) is 0 Å². The summed E-state index contributed by atoms with van der Waals surface area (Å²) >= 11 is 0. The molecule has 1 heterocycles. The molecule has 1 rings (SSSR count). The fourth-order valence-electron chi connectivity index (χ4n) is 1.45. The van der Waals surface area contributed by atoms with Crippen LogP contribution in [0.4, 0.5) is 0 Å². The third-order valence-electron chi connectivity index (χ3n) is 2.37. The Hall–Kier alpha value is -0.870. The molecule has 0 amide bonds. The fraction of sp³-hybridized carbons (Fsp3) is 0.750. The normalized spacial score (nSPS) is 11.2. The van der Waals surface area contributed by atoms with E-state index >= 15 is 0 Å². The van der Waals surface area contributed by atoms with E-state index in [1.165, 1.54) is 0 Å². The van der Waals surface area contributed by atoms with Gasteiger partial charge in [-0.3, -0.25) is 4.68 Å². The number of ether oxygens (including phenoxy) is 1. The number of methoxy groups -OCH3 is 1. The van der Waals surface area contributed by atoms with Gasteiger partial charge in [0.05, 0.1) is 5.69 Å². The first-order valence-electron chi connectivity index (χ1n) is 5.97. The van der Waals surface area contributed by atoms with E-state index in [1.54, 1.807) is 7.11 Å². The Kier molecular flexibility index (Phi) is 6.11. The smallest absolute Gasteiger partial charge is 0.0762 e. The Morgan fingerprint density at radius 2 is 2.25 bits per heavy atom. The van der Waals surface area contributed by atoms with Gasteiger partial charge in [-0.05, 0) is 18.9 Å². The molecule has 0 saturated carbocycles. The van der Waals surface area contributed by atoms with Gasteiger partial charge in [0.2, 0.25) is 0 Å². The monoisotopic (exact) mass is 225 g/mol. The lowest BCUT2D eigenvalue weighted by Crippen LogP contribution is -2.22. The fourth-order valence-corrected chi connectivity index (χ4v) is 1.45. The zero-order chi connectivity index (χ0) is 11.8. The molecule has 0 fully saturated rings. The molecule has 0 bridgehead atoms. The molecule has 0 aliphatic carbocycles. The first kappa shape index (κ1) is 13.2. The quantitative estimate of drug-likeness (QED) is 0.686. The maximum atomic E-state index is 5.01. The van der Waals surface area contributed by atoms with Crippen molar-refractivity contribution in [2.75, 3.05) is 13.7 Å². The summed E-state index contributed by atoms with van der Waals surface area (Å²) in [4.78, 5) is 0. The topological polar surface area (TPSA) is 39.1 Å². The molecule has 0 aliphatic rings. The lowest BCUT2D eigenvalue weighted by molar-refractivity contribution is 0.191. The van der Waals surface area contributed by atoms with E-state index in [4.69, 9.17) is 4.74 Å². The Bertz CT molecular complexity index is 284. The lowest BCUT2D eigenvalue weighted by atomic mass is 10.3. The Labute approximate surface area is 98.0 Å². The summed E-state index contributed by atoms with van der Waals surface area (Å²) in [7, 11) is 1.74. The van der Waals surface area contributed by atoms with Gasteiger partial charge in [-0.15, -0.1) is 0 Å². The molecule has 1 aromatic heterocycles. The minimum Gasteiger partial charge on any atom is -0.385 e. The van der Waals surface area contributed by atoms with Crippen LogP contribution in [0.15, 0.2) is 12.3 Å². The van der Waals surface area contributed by atoms with Gasteiger partial charge < -0.3 is 10.1 Å². The predicted molar refractivity (Wildman–Crippen MR) is 65.3 cm³/mol. The van der Waals surface area contributed by atoms with Crippen molar-refractivity contribution in [3.63, 3.8) is 0 Å². The van der Waals surface area contributed by atoms with Crippen molar-refractivity contribution in [3.8, 4) is 0 Å². The highest BCUT2D eigenvalue weighted by atomic mass is 16.5. The standard InChI is InChI=1S/C12H23N3O/c1-11(2)13-10-12-6-8-15(14-12)7-4-5-9-16-3/h6,8,11,13H,4-5,7,9-10H2,1-3H3. The predicted octanol–water partition coefficient (Wildman–Crippen LogP) is 1.81. The molecular formula is C12H23N3O. The number of nitrogens with one attached hydrogen (secondary N) is 1. The first-order chi connectivity index (χ1) is 7.72. The zero-order valence-corrected chi connectivity index (χ0v) is 10.6. The molecular weight excluding hydrogens is 202 g/mol. The van der Waals surface area contributed by atoms with Crippen molar-refractivity contribution in [2.24, 2.45) is 0 Å². The highest BCUT2D eigenvalue weighted by Crippen LogP contribution is 1.99. The van der Waals surface area contributed by atoms with Crippen molar-refractivity contribution < 1.29 is 4.74 Å². The van der Waals surface area contributed by atoms with Crippen molar-refractivity contribution >= 4 is 0 Å². The summed E-state index contributed by atoms with van der Waals surface area (Å²) in [5.41, 5.74) is 1.11. The van der Waals surface area contributed by atoms with Crippen LogP contribution < -0.4 is 5.32 Å². The van der Waals surface area contributed by atoms with Gasteiger partial charge in [0.1, 0.15) is 0 Å². The van der Waals surface area contributed by atoms with E-state index in [9.17, 15) is 0 Å². The maximum Gasteiger partial charge on any atom is 0.0762 e. The van der Waals surface area contributed by atoms with E-state index in [0.29, 0.717) is 6.04 Å². The molecule has 0 spiro atoms. The summed E-state index contributed by atoms with van der Waals surface area (Å²) in [6.45, 7) is 6.94. The third-order valence-corrected chi connectivity index (χ3v) is 2.37. The van der Waals surface area contributed by atoms with Gasteiger partial charge >= 0.3 is 0 Å². The summed E-state index contributed by atoms with van der Waals surface area (Å²) < 4.78 is 7.02. The van der Waals surface area contributed by atoms with Crippen LogP contribution in [0.5, 0.6) is 0 Å². The Morgan fingerprint density at radius 3 is 2.94 bits per heavy atom. The minimum absolute atomic E-state index is 0.506. The van der Waals surface area contributed by atoms with Crippen LogP contribution in [0, 0.1) is 0 Å². The van der Waals surface area contributed by atoms with Crippen molar-refractivity contribution in [3.05, 3.63) is 18.0 Å². The molecule has 0 saturated heterocycles. The van der Waals surface area contributed by atoms with Gasteiger partial charge in [0.25, 0.3) is 0 Å². The number of hydrogen-bond donors (Lipinski definition) is 1. The average molecular weight is 225 g/mol. The second-order valence-corrected chi connectivity index (χ2v) is 4.31. The maximum absolute atomic E-state index is 5.01. The van der Waals surface area contributed by atoms with Gasteiger partial charge in [-0.1, -0.05) is 13.8 Å². The van der Waals surface area contributed by atoms with E-state index < -0.39 is 0 Å². The largest absolute Gasteiger partial charge is 0.385 e. The first-order valence-corrected chi connectivity index (χ1v) is 5.97. The molecule has 0 atom stereocenters. The van der Waals surface area contributed by atoms with Crippen LogP contribution in [-0.2, 0) is 17.8 Å². The summed E-state index contributed by atoms with van der Waals surface area (Å²) in [6, 6.07) is 2.58. The van der Waals surface area contributed by atoms with Crippen molar-refractivity contribution in [2.45, 2.75) is 45.8 Å². The molecule has 0 aromatic carbocycles. The van der Waals surface area contributed by atoms with Gasteiger partial charge in [-0.25, -0.2) is 0 Å². The van der Waals surface area contributed by atoms with Crippen LogP contribution in [0.25, 0.3) is 0 Å². The van der Waals surface area contributed by atoms with Crippen LogP contribution in [0.2, 0.25) is 0 Å². The lowest BCUT2D eigenvalue weighted by Gasteiger charge is -2.05. The van der Waals surface area contributed by atoms with Gasteiger partial charge in [0, 0.05) is 39.0 Å². The highest BCUT2D eigenvalue weighted by Gasteiger charge is 1.99. The molecule has 0 unspecified atom stereocenters. The van der Waals surface area contributed by atoms with Gasteiger partial charge in [-0.2, -0.15) is 5.10 Å². The summed E-state index contributed by atoms with van der Waals surface area (Å²) in [5, 5.41) is 7.85. The second-order valence-electron chi connectivity index (χ2n) is 4.31. The van der Waals surface area contributed by atoms with Gasteiger partial charge in [0.15, 0.2) is 0 Å². The van der Waals surface area contributed by atoms with E-state index in [1.807, 2.05) is 10.9 Å². The van der Waals surface area contributed by atoms with Crippen LogP contribution >= 0.6 is 0 Å². The molecule has 1 N–H and O–H groups in total. The number of unbranched alkanes of at least 4 members (excludes halogenated alkanes) is 1. The third kappa shape index (κ3) is 5.28. The molecule has 0 aliphatic heterocycles. The van der Waals surface area contributed by atoms with Crippen molar-refractivity contribution in [1.29, 1.82) is 0 Å². The van der Waals surface area contributed by atoms with E-state index in [0.717, 1.165) is 38.2 Å². The number of nitrogens with zero attached hydrogens (tertiary/aromatic N) is 2. The minimum atomic E-state index is 0.506. The van der Waals surface area contributed by atoms with E-state index in [2.05, 4.69) is 30.3 Å². The molecule has 4 nitrogen and oxygen atoms in total. The number of aromatic nitrogens is 2. The number of aryl methyl sites for hydroxylation is 1. The molecule has 4 heteroatoms. The van der Waals surface area contributed by atoms with Crippen LogP contribution in [-0.4, -0.2) is 29.5 Å². The summed E-state index contributed by atoms with van der Waals surface area (Å²) in [6.07, 6.45) is 4.26. The molecule has 1 aromatic rings. The number of hydrogen-bond acceptors (Lipinski definition) is 3. The highest BCUT2D eigenvalue weighted by molar-refractivity contribution is 4.98. The SMILES string of the molecule is COCCCCn1ccc(CNC(C)C)n1. The molecule has 92 valence electrons.